The third-order valence-electron chi connectivity index (χ3n) is 6.07. The van der Waals surface area contributed by atoms with E-state index >= 15 is 0 Å². The molecule has 0 fully saturated rings. The molecule has 19 heavy (non-hydrogen) atoms. The van der Waals surface area contributed by atoms with E-state index in [1.165, 1.54) is 24.8 Å². The van der Waals surface area contributed by atoms with E-state index in [1.54, 1.807) is 0 Å². The van der Waals surface area contributed by atoms with Crippen LogP contribution in [0.25, 0.3) is 0 Å². The van der Waals surface area contributed by atoms with Gasteiger partial charge in [-0.3, -0.25) is 0 Å². The average molecular weight is 266 g/mol. The van der Waals surface area contributed by atoms with Crippen LogP contribution in [-0.2, 0) is 4.74 Å². The van der Waals surface area contributed by atoms with E-state index in [0.29, 0.717) is 17.8 Å². The van der Waals surface area contributed by atoms with Crippen LogP contribution in [0.1, 0.15) is 74.7 Å². The van der Waals surface area contributed by atoms with Gasteiger partial charge in [-0.2, -0.15) is 0 Å². The zero-order valence-electron chi connectivity index (χ0n) is 14.3. The van der Waals surface area contributed by atoms with Crippen LogP contribution in [-0.4, -0.2) is 5.60 Å². The minimum atomic E-state index is -0.0243. The minimum absolute atomic E-state index is 0.0243. The van der Waals surface area contributed by atoms with Crippen LogP contribution in [0.15, 0.2) is 11.8 Å². The van der Waals surface area contributed by atoms with E-state index in [9.17, 15) is 0 Å². The summed E-state index contributed by atoms with van der Waals surface area (Å²) < 4.78 is 6.46. The molecule has 0 bridgehead atoms. The number of rotatable bonds is 6. The molecule has 0 spiro atoms. The zero-order chi connectivity index (χ0) is 14.8. The fourth-order valence-electron chi connectivity index (χ4n) is 4.33. The highest BCUT2D eigenvalue weighted by molar-refractivity contribution is 5.20. The lowest BCUT2D eigenvalue weighted by atomic mass is 9.55. The molecular formula is C18H34O. The number of hydrogen-bond donors (Lipinski definition) is 0. The summed E-state index contributed by atoms with van der Waals surface area (Å²) in [6, 6.07) is 0. The Balaban J connectivity index is 3.35. The van der Waals surface area contributed by atoms with Crippen LogP contribution >= 0.6 is 0 Å². The molecule has 1 heteroatoms. The maximum Gasteiger partial charge on any atom is 0.123 e. The first-order chi connectivity index (χ1) is 8.80. The van der Waals surface area contributed by atoms with Crippen LogP contribution in [0.3, 0.4) is 0 Å². The van der Waals surface area contributed by atoms with Crippen molar-refractivity contribution in [2.24, 2.45) is 23.2 Å². The molecule has 1 nitrogen and oxygen atoms in total. The van der Waals surface area contributed by atoms with Crippen molar-refractivity contribution in [1.29, 1.82) is 0 Å². The molecule has 3 unspecified atom stereocenters. The van der Waals surface area contributed by atoms with Crippen LogP contribution in [0.4, 0.5) is 0 Å². The molecule has 0 aliphatic carbocycles. The third kappa shape index (κ3) is 2.34. The van der Waals surface area contributed by atoms with Crippen molar-refractivity contribution in [3.63, 3.8) is 0 Å². The summed E-state index contributed by atoms with van der Waals surface area (Å²) in [4.78, 5) is 0. The second-order valence-corrected chi connectivity index (χ2v) is 7.02. The Labute approximate surface area is 120 Å². The molecule has 0 amide bonds. The molecule has 0 radical (unpaired) electrons. The Kier molecular flexibility index (Phi) is 5.15. The molecule has 0 aromatic heterocycles. The fraction of sp³-hybridized carbons (Fsp3) is 0.889. The predicted molar refractivity (Wildman–Crippen MR) is 84.0 cm³/mol. The first-order valence-corrected chi connectivity index (χ1v) is 8.15. The zero-order valence-corrected chi connectivity index (χ0v) is 14.3. The average Bonchev–Trinajstić information content (AvgIpc) is 2.68. The van der Waals surface area contributed by atoms with E-state index in [1.807, 2.05) is 6.26 Å². The second-order valence-electron chi connectivity index (χ2n) is 7.02. The highest BCUT2D eigenvalue weighted by Crippen LogP contribution is 2.57. The summed E-state index contributed by atoms with van der Waals surface area (Å²) >= 11 is 0. The Morgan fingerprint density at radius 2 is 1.79 bits per heavy atom. The monoisotopic (exact) mass is 266 g/mol. The first kappa shape index (κ1) is 16.6. The van der Waals surface area contributed by atoms with E-state index in [-0.39, 0.29) is 11.0 Å². The van der Waals surface area contributed by atoms with Crippen molar-refractivity contribution in [2.45, 2.75) is 80.3 Å². The van der Waals surface area contributed by atoms with E-state index in [2.05, 4.69) is 55.4 Å². The van der Waals surface area contributed by atoms with Gasteiger partial charge in [-0.1, -0.05) is 48.5 Å². The lowest BCUT2D eigenvalue weighted by molar-refractivity contribution is -0.153. The molecule has 1 aliphatic rings. The van der Waals surface area contributed by atoms with Gasteiger partial charge in [-0.15, -0.1) is 0 Å². The SMILES string of the molecule is CCC(C(C)C)C1(C(C)(CC)CC)OC=C(C)C1C. The van der Waals surface area contributed by atoms with Gasteiger partial charge in [0.25, 0.3) is 0 Å². The molecule has 0 saturated carbocycles. The van der Waals surface area contributed by atoms with Crippen molar-refractivity contribution in [3.8, 4) is 0 Å². The highest BCUT2D eigenvalue weighted by atomic mass is 16.5. The van der Waals surface area contributed by atoms with Gasteiger partial charge in [0.2, 0.25) is 0 Å². The molecule has 3 atom stereocenters. The normalized spacial score (nSPS) is 29.3. The van der Waals surface area contributed by atoms with Crippen molar-refractivity contribution in [3.05, 3.63) is 11.8 Å². The lowest BCUT2D eigenvalue weighted by Gasteiger charge is -2.54. The molecule has 0 saturated heterocycles. The van der Waals surface area contributed by atoms with Gasteiger partial charge in [0.15, 0.2) is 0 Å². The minimum Gasteiger partial charge on any atom is -0.493 e. The van der Waals surface area contributed by atoms with E-state index < -0.39 is 0 Å². The van der Waals surface area contributed by atoms with Crippen LogP contribution in [0.5, 0.6) is 0 Å². The molecule has 1 heterocycles. The van der Waals surface area contributed by atoms with Crippen LogP contribution in [0, 0.1) is 23.2 Å². The summed E-state index contributed by atoms with van der Waals surface area (Å²) in [6.45, 7) is 18.7. The highest BCUT2D eigenvalue weighted by Gasteiger charge is 2.58. The van der Waals surface area contributed by atoms with Crippen LogP contribution < -0.4 is 0 Å². The lowest BCUT2D eigenvalue weighted by Crippen LogP contribution is -2.57. The maximum atomic E-state index is 6.46. The van der Waals surface area contributed by atoms with Gasteiger partial charge in [-0.05, 0) is 37.7 Å². The molecule has 1 rings (SSSR count). The summed E-state index contributed by atoms with van der Waals surface area (Å²) in [5.74, 6) is 1.79. The van der Waals surface area contributed by atoms with Gasteiger partial charge in [-0.25, -0.2) is 0 Å². The largest absolute Gasteiger partial charge is 0.493 e. The van der Waals surface area contributed by atoms with E-state index in [4.69, 9.17) is 4.74 Å². The molecule has 0 N–H and O–H groups in total. The van der Waals surface area contributed by atoms with Gasteiger partial charge in [0, 0.05) is 17.3 Å². The van der Waals surface area contributed by atoms with Gasteiger partial charge >= 0.3 is 0 Å². The fourth-order valence-corrected chi connectivity index (χ4v) is 4.33. The van der Waals surface area contributed by atoms with Gasteiger partial charge in [0.05, 0.1) is 6.26 Å². The second kappa shape index (κ2) is 5.89. The van der Waals surface area contributed by atoms with Crippen molar-refractivity contribution < 1.29 is 4.74 Å². The summed E-state index contributed by atoms with van der Waals surface area (Å²) in [6.07, 6.45) is 5.59. The van der Waals surface area contributed by atoms with Crippen molar-refractivity contribution in [1.82, 2.24) is 0 Å². The predicted octanol–water partition coefficient (Wildman–Crippen LogP) is 5.80. The summed E-state index contributed by atoms with van der Waals surface area (Å²) in [5.41, 5.74) is 1.63. The quantitative estimate of drug-likeness (QED) is 0.590. The molecule has 1 aliphatic heterocycles. The topological polar surface area (TPSA) is 9.23 Å². The smallest absolute Gasteiger partial charge is 0.123 e. The Morgan fingerprint density at radius 1 is 1.26 bits per heavy atom. The summed E-state index contributed by atoms with van der Waals surface area (Å²) in [5, 5.41) is 0. The van der Waals surface area contributed by atoms with Gasteiger partial charge < -0.3 is 4.74 Å². The molecule has 112 valence electrons. The third-order valence-corrected chi connectivity index (χ3v) is 6.07. The molecule has 0 aromatic carbocycles. The maximum absolute atomic E-state index is 6.46. The van der Waals surface area contributed by atoms with Crippen molar-refractivity contribution in [2.75, 3.05) is 0 Å². The Bertz CT molecular complexity index is 325. The molecule has 0 aromatic rings. The summed E-state index contributed by atoms with van der Waals surface area (Å²) in [7, 11) is 0. The standard InChI is InChI=1S/C18H34O/c1-9-16(13(4)5)18(17(8,10-2)11-3)15(7)14(6)12-19-18/h12-13,15-16H,9-11H2,1-8H3. The Morgan fingerprint density at radius 3 is 2.05 bits per heavy atom. The van der Waals surface area contributed by atoms with Crippen molar-refractivity contribution >= 4 is 0 Å². The van der Waals surface area contributed by atoms with Crippen LogP contribution in [0.2, 0.25) is 0 Å². The van der Waals surface area contributed by atoms with Gasteiger partial charge in [0.1, 0.15) is 5.60 Å². The molecular weight excluding hydrogens is 232 g/mol. The first-order valence-electron chi connectivity index (χ1n) is 8.15. The number of hydrogen-bond acceptors (Lipinski definition) is 1. The Hall–Kier alpha value is -0.460. The number of ether oxygens (including phenoxy) is 1. The van der Waals surface area contributed by atoms with E-state index in [0.717, 1.165) is 0 Å².